The number of nitrogens with zero attached hydrogens (tertiary/aromatic N) is 4. The van der Waals surface area contributed by atoms with Crippen molar-refractivity contribution in [3.05, 3.63) is 37.4 Å². The van der Waals surface area contributed by atoms with Crippen LogP contribution in [-0.4, -0.2) is 22.3 Å². The van der Waals surface area contributed by atoms with E-state index < -0.39 is 0 Å². The van der Waals surface area contributed by atoms with E-state index in [-0.39, 0.29) is 0 Å². The first-order valence-electron chi connectivity index (χ1n) is 16.6. The Morgan fingerprint density at radius 3 is 1.23 bits per heavy atom. The van der Waals surface area contributed by atoms with Crippen LogP contribution in [0.3, 0.4) is 0 Å². The Morgan fingerprint density at radius 2 is 0.821 bits per heavy atom. The van der Waals surface area contributed by atoms with E-state index in [4.69, 9.17) is 9.47 Å². The number of hydrogen-bond acceptors (Lipinski definition) is 2. The Bertz CT molecular complexity index is 724. The van der Waals surface area contributed by atoms with Gasteiger partial charge in [0.1, 0.15) is 24.8 Å². The predicted octanol–water partition coefficient (Wildman–Crippen LogP) is 7.96. The third-order valence-corrected chi connectivity index (χ3v) is 7.59. The van der Waals surface area contributed by atoms with E-state index in [0.29, 0.717) is 13.5 Å². The molecular weight excluding hydrogens is 484 g/mol. The van der Waals surface area contributed by atoms with Gasteiger partial charge in [0.2, 0.25) is 12.7 Å². The lowest BCUT2D eigenvalue weighted by Gasteiger charge is -2.03. The molecule has 2 aromatic rings. The highest BCUT2D eigenvalue weighted by Gasteiger charge is 2.05. The lowest BCUT2D eigenvalue weighted by Crippen LogP contribution is -2.33. The van der Waals surface area contributed by atoms with Crippen LogP contribution in [0, 0.1) is 0 Å². The van der Waals surface area contributed by atoms with Crippen molar-refractivity contribution in [2.45, 2.75) is 162 Å². The fourth-order valence-electron chi connectivity index (χ4n) is 5.08. The molecule has 39 heavy (non-hydrogen) atoms. The van der Waals surface area contributed by atoms with Crippen LogP contribution in [0.5, 0.6) is 0 Å². The number of imidazole rings is 2. The molecule has 0 radical (unpaired) electrons. The summed E-state index contributed by atoms with van der Waals surface area (Å²) >= 11 is 0. The highest BCUT2D eigenvalue weighted by Crippen LogP contribution is 2.10. The second-order valence-corrected chi connectivity index (χ2v) is 11.4. The van der Waals surface area contributed by atoms with Gasteiger partial charge < -0.3 is 9.47 Å². The molecule has 0 unspecified atom stereocenters. The molecule has 2 rings (SSSR count). The summed E-state index contributed by atoms with van der Waals surface area (Å²) in [5, 5.41) is 0. The summed E-state index contributed by atoms with van der Waals surface area (Å²) in [6.45, 7) is 9.71. The molecular formula is C33H62N4O2+2. The summed E-state index contributed by atoms with van der Waals surface area (Å²) in [7, 11) is 0. The fraction of sp³-hybridized carbons (Fsp3) is 0.818. The molecule has 0 aliphatic heterocycles. The number of aromatic nitrogens is 4. The quantitative estimate of drug-likeness (QED) is 0.0801. The van der Waals surface area contributed by atoms with Crippen molar-refractivity contribution in [2.75, 3.05) is 13.2 Å². The maximum atomic E-state index is 5.87. The van der Waals surface area contributed by atoms with Crippen molar-refractivity contribution >= 4 is 0 Å². The average Bonchev–Trinajstić information content (AvgIpc) is 3.60. The summed E-state index contributed by atoms with van der Waals surface area (Å²) in [6.07, 6.45) is 38.2. The van der Waals surface area contributed by atoms with Crippen LogP contribution in [0.1, 0.15) is 136 Å². The van der Waals surface area contributed by atoms with E-state index in [2.05, 4.69) is 69.6 Å². The van der Waals surface area contributed by atoms with Gasteiger partial charge in [-0.3, -0.25) is 0 Å². The molecule has 224 valence electrons. The minimum Gasteiger partial charge on any atom is -0.342 e. The lowest BCUT2D eigenvalue weighted by molar-refractivity contribution is -0.732. The third-order valence-electron chi connectivity index (χ3n) is 7.59. The smallest absolute Gasteiger partial charge is 0.245 e. The third kappa shape index (κ3) is 18.3. The van der Waals surface area contributed by atoms with Crippen molar-refractivity contribution in [1.82, 2.24) is 9.13 Å². The van der Waals surface area contributed by atoms with Gasteiger partial charge in [-0.05, 0) is 44.9 Å². The highest BCUT2D eigenvalue weighted by molar-refractivity contribution is 4.66. The van der Waals surface area contributed by atoms with Gasteiger partial charge in [-0.15, -0.1) is 0 Å². The molecule has 6 nitrogen and oxygen atoms in total. The van der Waals surface area contributed by atoms with Gasteiger partial charge in [0, 0.05) is 0 Å². The van der Waals surface area contributed by atoms with Crippen LogP contribution in [0.15, 0.2) is 37.4 Å². The van der Waals surface area contributed by atoms with E-state index in [1.807, 2.05) is 0 Å². The van der Waals surface area contributed by atoms with Crippen LogP contribution < -0.4 is 9.13 Å². The molecule has 0 spiro atoms. The normalized spacial score (nSPS) is 11.5. The summed E-state index contributed by atoms with van der Waals surface area (Å²) in [4.78, 5) is 0. The zero-order chi connectivity index (χ0) is 27.6. The average molecular weight is 547 g/mol. The molecule has 0 aliphatic rings. The zero-order valence-corrected chi connectivity index (χ0v) is 25.7. The minimum atomic E-state index is 0.646. The maximum absolute atomic E-state index is 5.87. The number of ether oxygens (including phenoxy) is 2. The predicted molar refractivity (Wildman–Crippen MR) is 160 cm³/mol. The number of hydrogen-bond donors (Lipinski definition) is 0. The van der Waals surface area contributed by atoms with Crippen molar-refractivity contribution < 1.29 is 18.6 Å². The molecule has 0 bridgehead atoms. The molecule has 0 fully saturated rings. The fourth-order valence-corrected chi connectivity index (χ4v) is 5.08. The zero-order valence-electron chi connectivity index (χ0n) is 25.7. The summed E-state index contributed by atoms with van der Waals surface area (Å²) in [5.41, 5.74) is 0. The first-order chi connectivity index (χ1) is 19.3. The molecule has 0 amide bonds. The lowest BCUT2D eigenvalue weighted by atomic mass is 10.1. The van der Waals surface area contributed by atoms with Gasteiger partial charge in [0.15, 0.2) is 13.5 Å². The van der Waals surface area contributed by atoms with Gasteiger partial charge in [0.05, 0.1) is 26.3 Å². The van der Waals surface area contributed by atoms with E-state index >= 15 is 0 Å². The van der Waals surface area contributed by atoms with E-state index in [1.165, 1.54) is 103 Å². The second kappa shape index (κ2) is 24.2. The van der Waals surface area contributed by atoms with Crippen LogP contribution in [0.4, 0.5) is 0 Å². The SMILES string of the molecule is CCCCCCCCCCn1cc[n+](COCCCCCOC[n+]2ccn(CCCCCCCCCC)c2)c1. The van der Waals surface area contributed by atoms with Crippen LogP contribution in [0.2, 0.25) is 0 Å². The molecule has 0 saturated heterocycles. The summed E-state index contributed by atoms with van der Waals surface area (Å²) < 4.78 is 20.6. The Kier molecular flexibility index (Phi) is 20.8. The Morgan fingerprint density at radius 1 is 0.462 bits per heavy atom. The summed E-state index contributed by atoms with van der Waals surface area (Å²) in [6, 6.07) is 0. The van der Waals surface area contributed by atoms with Crippen molar-refractivity contribution in [3.8, 4) is 0 Å². The van der Waals surface area contributed by atoms with Gasteiger partial charge in [-0.2, -0.15) is 0 Å². The van der Waals surface area contributed by atoms with Crippen LogP contribution in [-0.2, 0) is 36.0 Å². The van der Waals surface area contributed by atoms with Gasteiger partial charge >= 0.3 is 0 Å². The van der Waals surface area contributed by atoms with Crippen molar-refractivity contribution in [3.63, 3.8) is 0 Å². The Balaban J connectivity index is 1.36. The molecule has 0 saturated carbocycles. The van der Waals surface area contributed by atoms with Crippen LogP contribution in [0.25, 0.3) is 0 Å². The van der Waals surface area contributed by atoms with Gasteiger partial charge in [0.25, 0.3) is 0 Å². The topological polar surface area (TPSA) is 36.1 Å². The molecule has 0 aromatic carbocycles. The van der Waals surface area contributed by atoms with Gasteiger partial charge in [-0.1, -0.05) is 90.9 Å². The number of rotatable bonds is 28. The van der Waals surface area contributed by atoms with Crippen molar-refractivity contribution in [2.24, 2.45) is 0 Å². The number of aryl methyl sites for hydroxylation is 2. The first kappa shape index (κ1) is 33.5. The monoisotopic (exact) mass is 546 g/mol. The van der Waals surface area contributed by atoms with Gasteiger partial charge in [-0.25, -0.2) is 18.3 Å². The Labute approximate surface area is 240 Å². The van der Waals surface area contributed by atoms with E-state index in [1.54, 1.807) is 0 Å². The minimum absolute atomic E-state index is 0.646. The highest BCUT2D eigenvalue weighted by atomic mass is 16.5. The van der Waals surface area contributed by atoms with E-state index in [0.717, 1.165) is 45.6 Å². The molecule has 0 N–H and O–H groups in total. The largest absolute Gasteiger partial charge is 0.342 e. The molecule has 2 aromatic heterocycles. The van der Waals surface area contributed by atoms with E-state index in [9.17, 15) is 0 Å². The molecule has 2 heterocycles. The first-order valence-corrected chi connectivity index (χ1v) is 16.6. The Hall–Kier alpha value is -1.66. The number of unbranched alkanes of at least 4 members (excludes halogenated alkanes) is 16. The maximum Gasteiger partial charge on any atom is 0.245 e. The molecule has 0 atom stereocenters. The molecule has 6 heteroatoms. The molecule has 0 aliphatic carbocycles. The standard InChI is InChI=1S/C33H62N4O2/c1-3-5-7-9-11-13-15-18-22-34-24-26-36(30-34)32-38-28-20-17-21-29-39-33-37-27-25-35(31-37)23-19-16-14-12-10-8-6-4-2/h24-27,30-31H,3-23,28-29,32-33H2,1-2H3/q+2. The summed E-state index contributed by atoms with van der Waals surface area (Å²) in [5.74, 6) is 0. The van der Waals surface area contributed by atoms with Crippen LogP contribution >= 0.6 is 0 Å². The second-order valence-electron chi connectivity index (χ2n) is 11.4. The van der Waals surface area contributed by atoms with Crippen molar-refractivity contribution in [1.29, 1.82) is 0 Å².